The van der Waals surface area contributed by atoms with E-state index in [-0.39, 0.29) is 11.9 Å². The molecule has 4 heterocycles. The standard InChI is InChI=1S/C27H27N9O2/c1-14(2)26(37)33-24-16(4)21(36(6)34-24)22-19(20-23(28)30-13-31-25(20)35(22)5)17-7-9-18(10-8-17)38-27-29-12-11-15(3)32-27/h7-13H,1H2,2-6H3,(H2,28,30,31)(H,33,34,37). The van der Waals surface area contributed by atoms with E-state index in [0.29, 0.717) is 34.0 Å². The number of hydrogen-bond acceptors (Lipinski definition) is 8. The summed E-state index contributed by atoms with van der Waals surface area (Å²) in [4.78, 5) is 29.6. The van der Waals surface area contributed by atoms with Crippen LogP contribution in [0, 0.1) is 13.8 Å². The molecule has 1 aromatic carbocycles. The topological polar surface area (TPSA) is 139 Å². The van der Waals surface area contributed by atoms with Crippen LogP contribution in [0.1, 0.15) is 18.2 Å². The van der Waals surface area contributed by atoms with Gasteiger partial charge in [0.1, 0.15) is 23.5 Å². The molecular formula is C27H27N9O2. The fraction of sp³-hybridized carbons (Fsp3) is 0.185. The lowest BCUT2D eigenvalue weighted by atomic mass is 9.99. The summed E-state index contributed by atoms with van der Waals surface area (Å²) in [6, 6.07) is 9.64. The highest BCUT2D eigenvalue weighted by Crippen LogP contribution is 2.43. The van der Waals surface area contributed by atoms with E-state index in [1.807, 2.05) is 56.8 Å². The molecule has 0 saturated heterocycles. The first-order chi connectivity index (χ1) is 18.2. The number of nitrogen functional groups attached to an aromatic ring is 1. The van der Waals surface area contributed by atoms with Crippen LogP contribution < -0.4 is 15.8 Å². The maximum absolute atomic E-state index is 12.3. The van der Waals surface area contributed by atoms with E-state index < -0.39 is 0 Å². The number of nitrogens with one attached hydrogen (secondary N) is 1. The van der Waals surface area contributed by atoms with Gasteiger partial charge in [0, 0.05) is 42.7 Å². The number of hydrogen-bond donors (Lipinski definition) is 2. The molecule has 0 saturated carbocycles. The Morgan fingerprint density at radius 1 is 1.05 bits per heavy atom. The fourth-order valence-corrected chi connectivity index (χ4v) is 4.40. The number of benzene rings is 1. The lowest BCUT2D eigenvalue weighted by molar-refractivity contribution is -0.112. The normalized spacial score (nSPS) is 11.1. The molecule has 0 radical (unpaired) electrons. The number of aryl methyl sites for hydroxylation is 3. The Morgan fingerprint density at radius 2 is 1.79 bits per heavy atom. The number of ether oxygens (including phenoxy) is 1. The first kappa shape index (κ1) is 24.6. The third-order valence-corrected chi connectivity index (χ3v) is 6.25. The molecule has 5 rings (SSSR count). The van der Waals surface area contributed by atoms with Crippen molar-refractivity contribution in [3.8, 4) is 34.3 Å². The van der Waals surface area contributed by atoms with Gasteiger partial charge in [0.25, 0.3) is 5.91 Å². The lowest BCUT2D eigenvalue weighted by Crippen LogP contribution is -2.13. The van der Waals surface area contributed by atoms with Crippen molar-refractivity contribution in [2.75, 3.05) is 11.1 Å². The van der Waals surface area contributed by atoms with Crippen molar-refractivity contribution >= 4 is 28.6 Å². The maximum Gasteiger partial charge on any atom is 0.322 e. The molecule has 0 aliphatic carbocycles. The monoisotopic (exact) mass is 509 g/mol. The van der Waals surface area contributed by atoms with Crippen molar-refractivity contribution in [1.29, 1.82) is 0 Å². The summed E-state index contributed by atoms with van der Waals surface area (Å²) in [5, 5.41) is 8.13. The molecule has 0 atom stereocenters. The van der Waals surface area contributed by atoms with Crippen LogP contribution in [-0.4, -0.2) is 40.2 Å². The Balaban J connectivity index is 1.66. The molecule has 11 nitrogen and oxygen atoms in total. The van der Waals surface area contributed by atoms with Crippen LogP contribution in [-0.2, 0) is 18.9 Å². The average molecular weight is 510 g/mol. The SMILES string of the molecule is C=C(C)C(=O)Nc1nn(C)c(-c2c(-c3ccc(Oc4nccc(C)n4)cc3)c3c(N)ncnc3n2C)c1C. The number of nitrogens with zero attached hydrogens (tertiary/aromatic N) is 7. The van der Waals surface area contributed by atoms with Gasteiger partial charge in [0.15, 0.2) is 5.82 Å². The zero-order chi connectivity index (χ0) is 27.1. The quantitative estimate of drug-likeness (QED) is 0.323. The lowest BCUT2D eigenvalue weighted by Gasteiger charge is -2.11. The van der Waals surface area contributed by atoms with Crippen LogP contribution >= 0.6 is 0 Å². The average Bonchev–Trinajstić information content (AvgIpc) is 3.32. The van der Waals surface area contributed by atoms with E-state index in [1.165, 1.54) is 6.33 Å². The van der Waals surface area contributed by atoms with Crippen LogP contribution in [0.25, 0.3) is 33.5 Å². The molecule has 192 valence electrons. The minimum absolute atomic E-state index is 0.274. The molecule has 4 aromatic heterocycles. The van der Waals surface area contributed by atoms with Gasteiger partial charge >= 0.3 is 6.01 Å². The zero-order valence-corrected chi connectivity index (χ0v) is 21.8. The number of carbonyl (C=O) groups excluding carboxylic acids is 1. The number of nitrogens with two attached hydrogens (primary N) is 1. The van der Waals surface area contributed by atoms with Crippen LogP contribution in [0.4, 0.5) is 11.6 Å². The van der Waals surface area contributed by atoms with E-state index in [4.69, 9.17) is 10.5 Å². The highest BCUT2D eigenvalue weighted by molar-refractivity contribution is 6.08. The Morgan fingerprint density at radius 3 is 2.47 bits per heavy atom. The number of fused-ring (bicyclic) bond motifs is 1. The van der Waals surface area contributed by atoms with Crippen LogP contribution in [0.2, 0.25) is 0 Å². The molecule has 3 N–H and O–H groups in total. The number of rotatable bonds is 6. The van der Waals surface area contributed by atoms with Crippen molar-refractivity contribution in [2.45, 2.75) is 20.8 Å². The van der Waals surface area contributed by atoms with Crippen LogP contribution in [0.3, 0.4) is 0 Å². The van der Waals surface area contributed by atoms with Crippen molar-refractivity contribution in [1.82, 2.24) is 34.3 Å². The van der Waals surface area contributed by atoms with E-state index in [1.54, 1.807) is 23.9 Å². The predicted molar refractivity (Wildman–Crippen MR) is 146 cm³/mol. The van der Waals surface area contributed by atoms with Crippen molar-refractivity contribution in [3.63, 3.8) is 0 Å². The first-order valence-electron chi connectivity index (χ1n) is 11.8. The second-order valence-corrected chi connectivity index (χ2v) is 9.03. The van der Waals surface area contributed by atoms with Crippen molar-refractivity contribution in [2.24, 2.45) is 14.1 Å². The van der Waals surface area contributed by atoms with Crippen molar-refractivity contribution < 1.29 is 9.53 Å². The molecule has 11 heteroatoms. The molecule has 1 amide bonds. The van der Waals surface area contributed by atoms with E-state index >= 15 is 0 Å². The molecule has 0 fully saturated rings. The molecule has 5 aromatic rings. The summed E-state index contributed by atoms with van der Waals surface area (Å²) < 4.78 is 9.53. The van der Waals surface area contributed by atoms with Gasteiger partial charge in [0.05, 0.1) is 16.8 Å². The number of aromatic nitrogens is 7. The minimum Gasteiger partial charge on any atom is -0.424 e. The van der Waals surface area contributed by atoms with Gasteiger partial charge in [-0.1, -0.05) is 18.7 Å². The zero-order valence-electron chi connectivity index (χ0n) is 21.8. The summed E-state index contributed by atoms with van der Waals surface area (Å²) in [6.45, 7) is 9.15. The Bertz CT molecular complexity index is 1720. The first-order valence-corrected chi connectivity index (χ1v) is 11.8. The van der Waals surface area contributed by atoms with Gasteiger partial charge in [-0.05, 0) is 44.5 Å². The Hall–Kier alpha value is -5.06. The molecular weight excluding hydrogens is 482 g/mol. The largest absolute Gasteiger partial charge is 0.424 e. The highest BCUT2D eigenvalue weighted by Gasteiger charge is 2.27. The number of carbonyl (C=O) groups is 1. The number of anilines is 2. The molecule has 0 aliphatic heterocycles. The number of amides is 1. The molecule has 38 heavy (non-hydrogen) atoms. The van der Waals surface area contributed by atoms with Crippen molar-refractivity contribution in [3.05, 3.63) is 66.3 Å². The summed E-state index contributed by atoms with van der Waals surface area (Å²) in [5.74, 6) is 1.11. The van der Waals surface area contributed by atoms with Gasteiger partial charge in [-0.25, -0.2) is 19.9 Å². The van der Waals surface area contributed by atoms with E-state index in [0.717, 1.165) is 33.8 Å². The van der Waals surface area contributed by atoms with Gasteiger partial charge < -0.3 is 20.4 Å². The van der Waals surface area contributed by atoms with Gasteiger partial charge in [0.2, 0.25) is 0 Å². The molecule has 0 bridgehead atoms. The summed E-state index contributed by atoms with van der Waals surface area (Å²) in [7, 11) is 3.74. The smallest absolute Gasteiger partial charge is 0.322 e. The maximum atomic E-state index is 12.3. The van der Waals surface area contributed by atoms with Gasteiger partial charge in [-0.15, -0.1) is 0 Å². The van der Waals surface area contributed by atoms with Crippen LogP contribution in [0.15, 0.2) is 55.0 Å². The van der Waals surface area contributed by atoms with Crippen LogP contribution in [0.5, 0.6) is 11.8 Å². The minimum atomic E-state index is -0.293. The summed E-state index contributed by atoms with van der Waals surface area (Å²) in [6.07, 6.45) is 3.10. The Kier molecular flexibility index (Phi) is 6.11. The fourth-order valence-electron chi connectivity index (χ4n) is 4.40. The third kappa shape index (κ3) is 4.23. The van der Waals surface area contributed by atoms with E-state index in [2.05, 4.69) is 36.9 Å². The van der Waals surface area contributed by atoms with Gasteiger partial charge in [-0.2, -0.15) is 5.10 Å². The molecule has 0 aliphatic rings. The second-order valence-electron chi connectivity index (χ2n) is 9.03. The van der Waals surface area contributed by atoms with E-state index in [9.17, 15) is 4.79 Å². The summed E-state index contributed by atoms with van der Waals surface area (Å²) >= 11 is 0. The molecule has 0 spiro atoms. The second kappa shape index (κ2) is 9.43. The predicted octanol–water partition coefficient (Wildman–Crippen LogP) is 4.33. The summed E-state index contributed by atoms with van der Waals surface area (Å²) in [5.41, 5.74) is 12.4. The molecule has 0 unspecified atom stereocenters. The third-order valence-electron chi connectivity index (χ3n) is 6.25. The van der Waals surface area contributed by atoms with Gasteiger partial charge in [-0.3, -0.25) is 9.48 Å². The Labute approximate surface area is 219 Å². The highest BCUT2D eigenvalue weighted by atomic mass is 16.5.